The van der Waals surface area contributed by atoms with Gasteiger partial charge in [0.25, 0.3) is 0 Å². The zero-order valence-electron chi connectivity index (χ0n) is 12.1. The van der Waals surface area contributed by atoms with Gasteiger partial charge in [0.05, 0.1) is 6.42 Å². The number of hydrogen-bond acceptors (Lipinski definition) is 2. The van der Waals surface area contributed by atoms with Gasteiger partial charge in [0.1, 0.15) is 5.78 Å². The summed E-state index contributed by atoms with van der Waals surface area (Å²) >= 11 is 0. The highest BCUT2D eigenvalue weighted by molar-refractivity contribution is 6.09. The predicted molar refractivity (Wildman–Crippen MR) is 84.9 cm³/mol. The quantitative estimate of drug-likeness (QED) is 0.594. The lowest BCUT2D eigenvalue weighted by atomic mass is 9.96. The van der Waals surface area contributed by atoms with Gasteiger partial charge in [0.15, 0.2) is 5.78 Å². The van der Waals surface area contributed by atoms with Gasteiger partial charge in [-0.25, -0.2) is 0 Å². The van der Waals surface area contributed by atoms with Crippen LogP contribution in [0.15, 0.2) is 66.2 Å². The highest BCUT2D eigenvalue weighted by atomic mass is 16.1. The molecule has 106 valence electrons. The molecule has 0 radical (unpaired) electrons. The van der Waals surface area contributed by atoms with Gasteiger partial charge < -0.3 is 0 Å². The van der Waals surface area contributed by atoms with Crippen LogP contribution in [-0.4, -0.2) is 11.6 Å². The second kappa shape index (κ2) is 7.34. The van der Waals surface area contributed by atoms with Crippen molar-refractivity contribution in [2.45, 2.75) is 19.8 Å². The number of ketones is 2. The maximum Gasteiger partial charge on any atom is 0.166 e. The minimum atomic E-state index is -0.105. The fraction of sp³-hybridized carbons (Fsp3) is 0.158. The lowest BCUT2D eigenvalue weighted by molar-refractivity contribution is -0.123. The molecule has 0 atom stereocenters. The van der Waals surface area contributed by atoms with Crippen LogP contribution in [0.1, 0.15) is 24.5 Å². The molecule has 2 rings (SSSR count). The molecule has 0 saturated heterocycles. The first-order valence-corrected chi connectivity index (χ1v) is 6.97. The van der Waals surface area contributed by atoms with Crippen molar-refractivity contribution < 1.29 is 9.59 Å². The molecule has 0 unspecified atom stereocenters. The standard InChI is InChI=1S/C19H18O2/c1-15(20)12-19(21)18(13-16-8-4-2-5-9-16)14-17-10-6-3-7-11-17/h2-11,13H,12,14H2,1H3. The van der Waals surface area contributed by atoms with E-state index in [2.05, 4.69) is 0 Å². The number of carbonyl (C=O) groups is 2. The molecule has 0 spiro atoms. The summed E-state index contributed by atoms with van der Waals surface area (Å²) in [7, 11) is 0. The molecule has 2 aromatic carbocycles. The minimum Gasteiger partial charge on any atom is -0.300 e. The summed E-state index contributed by atoms with van der Waals surface area (Å²) in [6.07, 6.45) is 2.38. The Morgan fingerprint density at radius 1 is 0.905 bits per heavy atom. The summed E-state index contributed by atoms with van der Waals surface area (Å²) in [6, 6.07) is 19.5. The Hall–Kier alpha value is -2.48. The van der Waals surface area contributed by atoms with Crippen molar-refractivity contribution in [1.82, 2.24) is 0 Å². The summed E-state index contributed by atoms with van der Waals surface area (Å²) in [4.78, 5) is 23.5. The maximum absolute atomic E-state index is 12.3. The van der Waals surface area contributed by atoms with Crippen LogP contribution < -0.4 is 0 Å². The van der Waals surface area contributed by atoms with Gasteiger partial charge >= 0.3 is 0 Å². The maximum atomic E-state index is 12.3. The second-order valence-electron chi connectivity index (χ2n) is 5.04. The van der Waals surface area contributed by atoms with E-state index in [1.54, 1.807) is 0 Å². The highest BCUT2D eigenvalue weighted by Crippen LogP contribution is 2.15. The van der Waals surface area contributed by atoms with E-state index in [-0.39, 0.29) is 18.0 Å². The van der Waals surface area contributed by atoms with E-state index in [4.69, 9.17) is 0 Å². The van der Waals surface area contributed by atoms with Crippen LogP contribution in [-0.2, 0) is 16.0 Å². The van der Waals surface area contributed by atoms with E-state index in [0.29, 0.717) is 12.0 Å². The van der Waals surface area contributed by atoms with Gasteiger partial charge in [-0.3, -0.25) is 9.59 Å². The number of hydrogen-bond donors (Lipinski definition) is 0. The van der Waals surface area contributed by atoms with Crippen molar-refractivity contribution >= 4 is 17.6 Å². The fourth-order valence-electron chi connectivity index (χ4n) is 2.14. The molecular weight excluding hydrogens is 260 g/mol. The monoisotopic (exact) mass is 278 g/mol. The fourth-order valence-corrected chi connectivity index (χ4v) is 2.14. The summed E-state index contributed by atoms with van der Waals surface area (Å²) in [6.45, 7) is 1.44. The molecular formula is C19H18O2. The molecule has 0 aliphatic heterocycles. The lowest BCUT2D eigenvalue weighted by Crippen LogP contribution is -2.09. The van der Waals surface area contributed by atoms with Crippen molar-refractivity contribution in [2.24, 2.45) is 0 Å². The Labute approximate surface area is 125 Å². The Balaban J connectivity index is 2.28. The van der Waals surface area contributed by atoms with Crippen LogP contribution in [0.3, 0.4) is 0 Å². The van der Waals surface area contributed by atoms with Crippen molar-refractivity contribution in [3.05, 3.63) is 77.4 Å². The van der Waals surface area contributed by atoms with Gasteiger partial charge in [-0.15, -0.1) is 0 Å². The highest BCUT2D eigenvalue weighted by Gasteiger charge is 2.12. The first-order valence-electron chi connectivity index (χ1n) is 6.97. The molecule has 0 N–H and O–H groups in total. The molecule has 0 fully saturated rings. The molecule has 0 amide bonds. The van der Waals surface area contributed by atoms with Crippen LogP contribution in [0.4, 0.5) is 0 Å². The third-order valence-corrected chi connectivity index (χ3v) is 3.15. The molecule has 0 aliphatic carbocycles. The number of rotatable bonds is 6. The number of benzene rings is 2. The van der Waals surface area contributed by atoms with E-state index >= 15 is 0 Å². The zero-order valence-corrected chi connectivity index (χ0v) is 12.1. The smallest absolute Gasteiger partial charge is 0.166 e. The number of carbonyl (C=O) groups excluding carboxylic acids is 2. The number of allylic oxidation sites excluding steroid dienone is 1. The molecule has 0 aromatic heterocycles. The normalized spacial score (nSPS) is 11.2. The summed E-state index contributed by atoms with van der Waals surface area (Å²) in [5.41, 5.74) is 2.71. The predicted octanol–water partition coefficient (Wildman–Crippen LogP) is 3.86. The lowest BCUT2D eigenvalue weighted by Gasteiger charge is -2.07. The van der Waals surface area contributed by atoms with Gasteiger partial charge in [0, 0.05) is 12.0 Å². The summed E-state index contributed by atoms with van der Waals surface area (Å²) in [5.74, 6) is -0.206. The van der Waals surface area contributed by atoms with E-state index in [0.717, 1.165) is 11.1 Å². The zero-order chi connectivity index (χ0) is 15.1. The Kier molecular flexibility index (Phi) is 5.22. The van der Waals surface area contributed by atoms with E-state index in [1.165, 1.54) is 6.92 Å². The molecule has 0 saturated carbocycles. The molecule has 21 heavy (non-hydrogen) atoms. The molecule has 2 nitrogen and oxygen atoms in total. The van der Waals surface area contributed by atoms with Crippen molar-refractivity contribution in [1.29, 1.82) is 0 Å². The second-order valence-corrected chi connectivity index (χ2v) is 5.04. The molecule has 0 heterocycles. The Bertz CT molecular complexity index is 640. The van der Waals surface area contributed by atoms with E-state index in [9.17, 15) is 9.59 Å². The van der Waals surface area contributed by atoms with E-state index in [1.807, 2.05) is 66.7 Å². The molecule has 2 heteroatoms. The molecule has 2 aromatic rings. The van der Waals surface area contributed by atoms with Crippen LogP contribution in [0.5, 0.6) is 0 Å². The van der Waals surface area contributed by atoms with Crippen LogP contribution in [0.25, 0.3) is 6.08 Å². The largest absolute Gasteiger partial charge is 0.300 e. The third-order valence-electron chi connectivity index (χ3n) is 3.15. The van der Waals surface area contributed by atoms with Crippen LogP contribution in [0, 0.1) is 0 Å². The van der Waals surface area contributed by atoms with Crippen molar-refractivity contribution in [2.75, 3.05) is 0 Å². The van der Waals surface area contributed by atoms with Gasteiger partial charge in [-0.1, -0.05) is 60.7 Å². The number of Topliss-reactive ketones (excluding diaryl/α,β-unsaturated/α-hetero) is 2. The van der Waals surface area contributed by atoms with Gasteiger partial charge in [-0.05, 0) is 24.1 Å². The van der Waals surface area contributed by atoms with Gasteiger partial charge in [-0.2, -0.15) is 0 Å². The Morgan fingerprint density at radius 2 is 1.48 bits per heavy atom. The topological polar surface area (TPSA) is 34.1 Å². The van der Waals surface area contributed by atoms with Gasteiger partial charge in [0.2, 0.25) is 0 Å². The third kappa shape index (κ3) is 4.84. The van der Waals surface area contributed by atoms with Crippen molar-refractivity contribution in [3.63, 3.8) is 0 Å². The average Bonchev–Trinajstić information content (AvgIpc) is 2.48. The minimum absolute atomic E-state index is 0.0362. The first-order chi connectivity index (χ1) is 10.1. The van der Waals surface area contributed by atoms with Crippen LogP contribution in [0.2, 0.25) is 0 Å². The van der Waals surface area contributed by atoms with Crippen molar-refractivity contribution in [3.8, 4) is 0 Å². The molecule has 0 bridgehead atoms. The SMILES string of the molecule is CC(=O)CC(=O)C(=Cc1ccccc1)Cc1ccccc1. The molecule has 0 aliphatic rings. The van der Waals surface area contributed by atoms with Crippen LogP contribution >= 0.6 is 0 Å². The summed E-state index contributed by atoms with van der Waals surface area (Å²) in [5, 5.41) is 0. The average molecular weight is 278 g/mol. The first kappa shape index (κ1) is 14.9. The van der Waals surface area contributed by atoms with E-state index < -0.39 is 0 Å². The summed E-state index contributed by atoms with van der Waals surface area (Å²) < 4.78 is 0. The Morgan fingerprint density at radius 3 is 2.05 bits per heavy atom.